The number of aliphatic hydroxyl groups excluding tert-OH is 1. The molecule has 2 heteroatoms. The first-order valence-electron chi connectivity index (χ1n) is 6.33. The van der Waals surface area contributed by atoms with E-state index < -0.39 is 0 Å². The molecule has 4 atom stereocenters. The molecule has 2 fully saturated rings. The first kappa shape index (κ1) is 10.3. The Balaban J connectivity index is 1.71. The minimum absolute atomic E-state index is 0.262. The lowest BCUT2D eigenvalue weighted by molar-refractivity contribution is 0.133. The van der Waals surface area contributed by atoms with E-state index in [1.54, 1.807) is 0 Å². The van der Waals surface area contributed by atoms with Crippen LogP contribution in [0.15, 0.2) is 30.3 Å². The molecule has 0 amide bonds. The van der Waals surface area contributed by atoms with Crippen molar-refractivity contribution in [3.63, 3.8) is 0 Å². The maximum atomic E-state index is 10.3. The van der Waals surface area contributed by atoms with Gasteiger partial charge in [-0.25, -0.2) is 0 Å². The van der Waals surface area contributed by atoms with Gasteiger partial charge in [-0.3, -0.25) is 0 Å². The van der Waals surface area contributed by atoms with Gasteiger partial charge < -0.3 is 10.4 Å². The Morgan fingerprint density at radius 3 is 2.75 bits per heavy atom. The van der Waals surface area contributed by atoms with Gasteiger partial charge in [-0.15, -0.1) is 0 Å². The maximum Gasteiger partial charge on any atom is 0.0943 e. The third-order valence-electron chi connectivity index (χ3n) is 4.17. The standard InChI is InChI=1S/C14H19NO/c16-14(10-5-2-1-3-6-10)13-9-11-7-4-8-12(11)15-13/h1-3,5-6,11-16H,4,7-9H2/t11-,12-,13-,14-/m1/s1. The van der Waals surface area contributed by atoms with Crippen LogP contribution in [-0.4, -0.2) is 17.2 Å². The monoisotopic (exact) mass is 217 g/mol. The van der Waals surface area contributed by atoms with Crippen LogP contribution in [0.25, 0.3) is 0 Å². The molecule has 1 saturated heterocycles. The average Bonchev–Trinajstić information content (AvgIpc) is 2.89. The van der Waals surface area contributed by atoms with Gasteiger partial charge in [0, 0.05) is 12.1 Å². The predicted octanol–water partition coefficient (Wildman–Crippen LogP) is 2.25. The number of hydrogen-bond acceptors (Lipinski definition) is 2. The fraction of sp³-hybridized carbons (Fsp3) is 0.571. The molecule has 1 saturated carbocycles. The number of rotatable bonds is 2. The Labute approximate surface area is 96.7 Å². The van der Waals surface area contributed by atoms with Gasteiger partial charge in [0.2, 0.25) is 0 Å². The van der Waals surface area contributed by atoms with Gasteiger partial charge in [0.15, 0.2) is 0 Å². The molecule has 1 heterocycles. The van der Waals surface area contributed by atoms with E-state index in [-0.39, 0.29) is 12.1 Å². The van der Waals surface area contributed by atoms with E-state index in [0.717, 1.165) is 17.9 Å². The minimum atomic E-state index is -0.341. The fourth-order valence-corrected chi connectivity index (χ4v) is 3.31. The quantitative estimate of drug-likeness (QED) is 0.796. The normalized spacial score (nSPS) is 34.9. The van der Waals surface area contributed by atoms with Crippen LogP contribution in [0.3, 0.4) is 0 Å². The van der Waals surface area contributed by atoms with Crippen LogP contribution >= 0.6 is 0 Å². The molecule has 0 spiro atoms. The van der Waals surface area contributed by atoms with E-state index in [4.69, 9.17) is 0 Å². The van der Waals surface area contributed by atoms with E-state index in [1.807, 2.05) is 30.3 Å². The number of nitrogens with one attached hydrogen (secondary N) is 1. The third-order valence-corrected chi connectivity index (χ3v) is 4.17. The van der Waals surface area contributed by atoms with Crippen LogP contribution in [0.4, 0.5) is 0 Å². The predicted molar refractivity (Wildman–Crippen MR) is 64.1 cm³/mol. The third kappa shape index (κ3) is 1.76. The molecule has 0 radical (unpaired) electrons. The van der Waals surface area contributed by atoms with Crippen LogP contribution in [-0.2, 0) is 0 Å². The molecule has 3 rings (SSSR count). The van der Waals surface area contributed by atoms with Crippen molar-refractivity contribution in [2.45, 2.75) is 43.9 Å². The molecule has 2 aliphatic rings. The van der Waals surface area contributed by atoms with Gasteiger partial charge >= 0.3 is 0 Å². The summed E-state index contributed by atoms with van der Waals surface area (Å²) in [6, 6.07) is 10.9. The second kappa shape index (κ2) is 4.19. The van der Waals surface area contributed by atoms with Gasteiger partial charge in [-0.2, -0.15) is 0 Å². The van der Waals surface area contributed by atoms with E-state index in [9.17, 15) is 5.11 Å². The highest BCUT2D eigenvalue weighted by molar-refractivity contribution is 5.19. The summed E-state index contributed by atoms with van der Waals surface area (Å²) in [6.45, 7) is 0. The largest absolute Gasteiger partial charge is 0.387 e. The number of aliphatic hydroxyl groups is 1. The lowest BCUT2D eigenvalue weighted by atomic mass is 9.96. The molecule has 1 aliphatic heterocycles. The number of fused-ring (bicyclic) bond motifs is 1. The van der Waals surface area contributed by atoms with Crippen LogP contribution in [0.5, 0.6) is 0 Å². The Bertz CT molecular complexity index is 339. The van der Waals surface area contributed by atoms with Crippen molar-refractivity contribution >= 4 is 0 Å². The Hall–Kier alpha value is -0.860. The molecular weight excluding hydrogens is 198 g/mol. The van der Waals surface area contributed by atoms with Crippen molar-refractivity contribution in [2.24, 2.45) is 5.92 Å². The van der Waals surface area contributed by atoms with Gasteiger partial charge in [0.05, 0.1) is 6.10 Å². The molecule has 2 nitrogen and oxygen atoms in total. The highest BCUT2D eigenvalue weighted by Gasteiger charge is 2.39. The summed E-state index contributed by atoms with van der Waals surface area (Å²) < 4.78 is 0. The van der Waals surface area contributed by atoms with Gasteiger partial charge in [0.1, 0.15) is 0 Å². The van der Waals surface area contributed by atoms with E-state index in [1.165, 1.54) is 19.3 Å². The molecule has 86 valence electrons. The summed E-state index contributed by atoms with van der Waals surface area (Å²) in [7, 11) is 0. The highest BCUT2D eigenvalue weighted by atomic mass is 16.3. The summed E-state index contributed by atoms with van der Waals surface area (Å²) in [4.78, 5) is 0. The molecule has 0 unspecified atom stereocenters. The van der Waals surface area contributed by atoms with Crippen molar-refractivity contribution in [3.05, 3.63) is 35.9 Å². The molecule has 1 aromatic rings. The Kier molecular flexibility index (Phi) is 2.70. The topological polar surface area (TPSA) is 32.3 Å². The second-order valence-corrected chi connectivity index (χ2v) is 5.16. The summed E-state index contributed by atoms with van der Waals surface area (Å²) in [5.41, 5.74) is 1.04. The van der Waals surface area contributed by atoms with E-state index in [2.05, 4.69) is 5.32 Å². The molecule has 0 bridgehead atoms. The van der Waals surface area contributed by atoms with Gasteiger partial charge in [-0.1, -0.05) is 36.8 Å². The molecule has 1 aromatic carbocycles. The minimum Gasteiger partial charge on any atom is -0.387 e. The van der Waals surface area contributed by atoms with Crippen molar-refractivity contribution in [1.82, 2.24) is 5.32 Å². The lowest BCUT2D eigenvalue weighted by Crippen LogP contribution is -2.33. The van der Waals surface area contributed by atoms with Gasteiger partial charge in [-0.05, 0) is 30.7 Å². The van der Waals surface area contributed by atoms with Crippen LogP contribution in [0.1, 0.15) is 37.4 Å². The summed E-state index contributed by atoms with van der Waals surface area (Å²) in [5, 5.41) is 13.9. The summed E-state index contributed by atoms with van der Waals surface area (Å²) in [6.07, 6.45) is 4.79. The number of hydrogen-bond donors (Lipinski definition) is 2. The summed E-state index contributed by atoms with van der Waals surface area (Å²) >= 11 is 0. The zero-order valence-corrected chi connectivity index (χ0v) is 9.47. The second-order valence-electron chi connectivity index (χ2n) is 5.16. The summed E-state index contributed by atoms with van der Waals surface area (Å²) in [5.74, 6) is 0.809. The lowest BCUT2D eigenvalue weighted by Gasteiger charge is -2.20. The van der Waals surface area contributed by atoms with Crippen LogP contribution < -0.4 is 5.32 Å². The molecule has 1 aliphatic carbocycles. The van der Waals surface area contributed by atoms with Crippen molar-refractivity contribution in [3.8, 4) is 0 Å². The van der Waals surface area contributed by atoms with Crippen LogP contribution in [0, 0.1) is 5.92 Å². The van der Waals surface area contributed by atoms with Crippen molar-refractivity contribution < 1.29 is 5.11 Å². The molecule has 2 N–H and O–H groups in total. The Morgan fingerprint density at radius 2 is 2.00 bits per heavy atom. The smallest absolute Gasteiger partial charge is 0.0943 e. The Morgan fingerprint density at radius 1 is 1.19 bits per heavy atom. The van der Waals surface area contributed by atoms with Crippen molar-refractivity contribution in [2.75, 3.05) is 0 Å². The zero-order chi connectivity index (χ0) is 11.0. The van der Waals surface area contributed by atoms with E-state index >= 15 is 0 Å². The molecule has 16 heavy (non-hydrogen) atoms. The average molecular weight is 217 g/mol. The first-order valence-corrected chi connectivity index (χ1v) is 6.33. The van der Waals surface area contributed by atoms with Gasteiger partial charge in [0.25, 0.3) is 0 Å². The van der Waals surface area contributed by atoms with Crippen molar-refractivity contribution in [1.29, 1.82) is 0 Å². The zero-order valence-electron chi connectivity index (χ0n) is 9.47. The molecular formula is C14H19NO. The van der Waals surface area contributed by atoms with Crippen LogP contribution in [0.2, 0.25) is 0 Å². The highest BCUT2D eigenvalue weighted by Crippen LogP contribution is 2.38. The number of benzene rings is 1. The molecule has 0 aromatic heterocycles. The van der Waals surface area contributed by atoms with E-state index in [0.29, 0.717) is 6.04 Å². The fourth-order valence-electron chi connectivity index (χ4n) is 3.31. The SMILES string of the molecule is O[C@H](c1ccccc1)[C@H]1C[C@H]2CCC[C@H]2N1. The first-order chi connectivity index (χ1) is 7.84. The maximum absolute atomic E-state index is 10.3.